The number of carbonyl (C=O) groups excluding carboxylic acids is 1. The molecule has 0 saturated heterocycles. The van der Waals surface area contributed by atoms with Crippen LogP contribution in [0, 0.1) is 6.92 Å². The van der Waals surface area contributed by atoms with E-state index in [2.05, 4.69) is 4.98 Å². The Hall–Kier alpha value is -0.460. The highest BCUT2D eigenvalue weighted by atomic mass is 35.5. The van der Waals surface area contributed by atoms with Crippen molar-refractivity contribution < 1.29 is 13.2 Å². The van der Waals surface area contributed by atoms with Crippen LogP contribution in [-0.2, 0) is 9.84 Å². The van der Waals surface area contributed by atoms with Crippen molar-refractivity contribution in [1.29, 1.82) is 0 Å². The molecule has 0 aliphatic heterocycles. The molecule has 0 amide bonds. The third kappa shape index (κ3) is 2.26. The second kappa shape index (κ2) is 3.36. The highest BCUT2D eigenvalue weighted by Crippen LogP contribution is 2.31. The summed E-state index contributed by atoms with van der Waals surface area (Å²) in [5.41, 5.74) is 0.512. The van der Waals surface area contributed by atoms with Crippen LogP contribution in [0.1, 0.15) is 5.69 Å². The number of hydrogen-bond donors (Lipinski definition) is 0. The molecular formula is C6H7ClNO3S2+. The zero-order valence-electron chi connectivity index (χ0n) is 6.94. The largest absolute Gasteiger partial charge is 0.454 e. The van der Waals surface area contributed by atoms with E-state index in [9.17, 15) is 13.2 Å². The van der Waals surface area contributed by atoms with E-state index in [1.165, 1.54) is 5.38 Å². The molecule has 72 valence electrons. The number of sulfone groups is 1. The fourth-order valence-corrected chi connectivity index (χ4v) is 4.24. The lowest BCUT2D eigenvalue weighted by atomic mass is 10.6. The Labute approximate surface area is 83.4 Å². The second-order valence-electron chi connectivity index (χ2n) is 2.48. The predicted octanol–water partition coefficient (Wildman–Crippen LogP) is 1.75. The molecule has 0 saturated carbocycles. The summed E-state index contributed by atoms with van der Waals surface area (Å²) in [5.74, 6) is 0. The Balaban J connectivity index is 3.46. The SMILES string of the molecule is Cc1c[s+](C(=O)Cl)c(S(C)(=O)=O)n1. The van der Waals surface area contributed by atoms with E-state index in [1.54, 1.807) is 6.92 Å². The minimum Gasteiger partial charge on any atom is -0.217 e. The van der Waals surface area contributed by atoms with Crippen LogP contribution in [0.2, 0.25) is 0 Å². The van der Waals surface area contributed by atoms with Gasteiger partial charge in [-0.15, -0.1) is 0 Å². The standard InChI is InChI=1S/C6H7ClNO3S2/c1-4-3-12(5(7)9)6(8-4)13(2,10)11/h3H,1-2H3/q+1. The van der Waals surface area contributed by atoms with Crippen LogP contribution in [-0.4, -0.2) is 24.2 Å². The van der Waals surface area contributed by atoms with E-state index < -0.39 is 24.9 Å². The molecule has 0 spiro atoms. The van der Waals surface area contributed by atoms with E-state index in [-0.39, 0.29) is 4.34 Å². The van der Waals surface area contributed by atoms with Crippen molar-refractivity contribution in [2.45, 2.75) is 11.3 Å². The minimum absolute atomic E-state index is 0.134. The zero-order chi connectivity index (χ0) is 10.2. The number of rotatable bonds is 2. The topological polar surface area (TPSA) is 64.1 Å². The average Bonchev–Trinajstić information content (AvgIpc) is 2.29. The van der Waals surface area contributed by atoms with Crippen LogP contribution in [0.4, 0.5) is 4.79 Å². The molecule has 0 radical (unpaired) electrons. The number of aromatic nitrogens is 1. The van der Waals surface area contributed by atoms with Gasteiger partial charge in [0, 0.05) is 17.9 Å². The molecule has 0 N–H and O–H groups in total. The first kappa shape index (κ1) is 10.6. The number of hydrogen-bond acceptors (Lipinski definition) is 4. The van der Waals surface area contributed by atoms with Gasteiger partial charge in [-0.3, -0.25) is 0 Å². The van der Waals surface area contributed by atoms with Crippen molar-refractivity contribution in [2.24, 2.45) is 0 Å². The molecule has 7 heteroatoms. The molecule has 0 fully saturated rings. The van der Waals surface area contributed by atoms with Gasteiger partial charge in [-0.2, -0.15) is 4.98 Å². The van der Waals surface area contributed by atoms with Gasteiger partial charge < -0.3 is 0 Å². The zero-order valence-corrected chi connectivity index (χ0v) is 9.33. The number of nitrogens with zero attached hydrogens (tertiary/aromatic N) is 1. The van der Waals surface area contributed by atoms with Gasteiger partial charge in [-0.25, -0.2) is 13.2 Å². The van der Waals surface area contributed by atoms with Gasteiger partial charge in [-0.1, -0.05) is 0 Å². The summed E-state index contributed by atoms with van der Waals surface area (Å²) in [5, 5.41) is 1.46. The quantitative estimate of drug-likeness (QED) is 0.584. The molecule has 0 bridgehead atoms. The van der Waals surface area contributed by atoms with Crippen molar-refractivity contribution in [3.63, 3.8) is 0 Å². The van der Waals surface area contributed by atoms with Gasteiger partial charge in [-0.05, 0) is 6.92 Å². The maximum Gasteiger partial charge on any atom is 0.454 e. The van der Waals surface area contributed by atoms with Crippen LogP contribution in [0.15, 0.2) is 9.72 Å². The summed E-state index contributed by atoms with van der Waals surface area (Å²) in [7, 11) is -4.61. The fourth-order valence-electron chi connectivity index (χ4n) is 0.801. The third-order valence-corrected chi connectivity index (χ3v) is 5.30. The van der Waals surface area contributed by atoms with Gasteiger partial charge in [0.25, 0.3) is 0 Å². The van der Waals surface area contributed by atoms with Gasteiger partial charge in [0.2, 0.25) is 9.84 Å². The van der Waals surface area contributed by atoms with E-state index in [1.807, 2.05) is 0 Å². The molecule has 0 aromatic carbocycles. The van der Waals surface area contributed by atoms with Crippen molar-refractivity contribution in [1.82, 2.24) is 4.98 Å². The Kier molecular flexibility index (Phi) is 2.74. The maximum absolute atomic E-state index is 11.1. The molecular weight excluding hydrogens is 234 g/mol. The van der Waals surface area contributed by atoms with Crippen LogP contribution < -0.4 is 0 Å². The summed E-state index contributed by atoms with van der Waals surface area (Å²) >= 11 is 5.23. The molecule has 0 aliphatic rings. The van der Waals surface area contributed by atoms with Crippen LogP contribution in [0.3, 0.4) is 0 Å². The summed E-state index contributed by atoms with van der Waals surface area (Å²) in [6.07, 6.45) is 1.01. The van der Waals surface area contributed by atoms with Crippen LogP contribution >= 0.6 is 22.1 Å². The van der Waals surface area contributed by atoms with Crippen LogP contribution in [0.25, 0.3) is 0 Å². The lowest BCUT2D eigenvalue weighted by molar-refractivity contribution is 0.275. The van der Waals surface area contributed by atoms with Crippen molar-refractivity contribution in [3.05, 3.63) is 11.1 Å². The Bertz CT molecular complexity index is 448. The first-order chi connectivity index (χ1) is 5.82. The summed E-state index contributed by atoms with van der Waals surface area (Å²) in [6.45, 7) is 1.62. The molecule has 1 aromatic rings. The normalized spacial score (nSPS) is 13.0. The molecule has 1 aromatic heterocycles. The predicted molar refractivity (Wildman–Crippen MR) is 51.2 cm³/mol. The van der Waals surface area contributed by atoms with E-state index in [4.69, 9.17) is 11.6 Å². The molecule has 0 aliphatic carbocycles. The van der Waals surface area contributed by atoms with Crippen LogP contribution in [0.5, 0.6) is 0 Å². The minimum atomic E-state index is -3.42. The van der Waals surface area contributed by atoms with E-state index >= 15 is 0 Å². The molecule has 13 heavy (non-hydrogen) atoms. The molecule has 1 rings (SSSR count). The van der Waals surface area contributed by atoms with E-state index in [0.29, 0.717) is 5.69 Å². The first-order valence-corrected chi connectivity index (χ1v) is 6.78. The number of thiazole rings is 1. The lowest BCUT2D eigenvalue weighted by Crippen LogP contribution is -1.98. The average molecular weight is 241 g/mol. The van der Waals surface area contributed by atoms with Crippen molar-refractivity contribution >= 4 is 36.5 Å². The Morgan fingerprint density at radius 3 is 2.46 bits per heavy atom. The van der Waals surface area contributed by atoms with E-state index in [0.717, 1.165) is 6.26 Å². The number of halogens is 1. The molecule has 1 heterocycles. The van der Waals surface area contributed by atoms with Crippen molar-refractivity contribution in [2.75, 3.05) is 6.26 Å². The van der Waals surface area contributed by atoms with Gasteiger partial charge >= 0.3 is 8.91 Å². The third-order valence-electron chi connectivity index (χ3n) is 1.23. The number of aryl methyl sites for hydroxylation is 1. The lowest BCUT2D eigenvalue weighted by Gasteiger charge is -1.84. The number of carbonyl (C=O) groups is 1. The highest BCUT2D eigenvalue weighted by Gasteiger charge is 2.31. The Morgan fingerprint density at radius 2 is 2.15 bits per heavy atom. The van der Waals surface area contributed by atoms with Gasteiger partial charge in [0.15, 0.2) is 5.38 Å². The monoisotopic (exact) mass is 240 g/mol. The molecule has 1 unspecified atom stereocenters. The summed E-state index contributed by atoms with van der Waals surface area (Å²) in [6, 6.07) is 0. The summed E-state index contributed by atoms with van der Waals surface area (Å²) in [4.78, 5) is 14.6. The smallest absolute Gasteiger partial charge is 0.217 e. The summed E-state index contributed by atoms with van der Waals surface area (Å²) < 4.78 is 21.4. The van der Waals surface area contributed by atoms with Gasteiger partial charge in [0.05, 0.1) is 5.69 Å². The first-order valence-electron chi connectivity index (χ1n) is 3.22. The maximum atomic E-state index is 11.1. The van der Waals surface area contributed by atoms with Crippen molar-refractivity contribution in [3.8, 4) is 0 Å². The fraction of sp³-hybridized carbons (Fsp3) is 0.333. The van der Waals surface area contributed by atoms with Gasteiger partial charge in [0.1, 0.15) is 10.5 Å². The highest BCUT2D eigenvalue weighted by molar-refractivity contribution is 7.94. The second-order valence-corrected chi connectivity index (χ2v) is 6.91. The molecule has 4 nitrogen and oxygen atoms in total. The Morgan fingerprint density at radius 1 is 1.62 bits per heavy atom. The molecule has 1 atom stereocenters.